The predicted octanol–water partition coefficient (Wildman–Crippen LogP) is 4.55. The normalized spacial score (nSPS) is 16.2. The summed E-state index contributed by atoms with van der Waals surface area (Å²) in [5, 5.41) is 7.41. The van der Waals surface area contributed by atoms with Gasteiger partial charge in [0.15, 0.2) is 5.96 Å². The molecule has 0 amide bonds. The van der Waals surface area contributed by atoms with Crippen molar-refractivity contribution in [2.24, 2.45) is 10.9 Å². The molecule has 0 saturated carbocycles. The van der Waals surface area contributed by atoms with Gasteiger partial charge in [0.05, 0.1) is 13.2 Å². The molecule has 0 radical (unpaired) electrons. The molecule has 0 bridgehead atoms. The van der Waals surface area contributed by atoms with Gasteiger partial charge in [-0.2, -0.15) is 0 Å². The fraction of sp³-hybridized carbons (Fsp3) is 0.409. The summed E-state index contributed by atoms with van der Waals surface area (Å²) in [5.41, 5.74) is 3.40. The summed E-state index contributed by atoms with van der Waals surface area (Å²) in [7, 11) is 1.76. The zero-order valence-corrected chi connectivity index (χ0v) is 20.0. The molecule has 7 heteroatoms. The number of benzene rings is 2. The van der Waals surface area contributed by atoms with Crippen LogP contribution >= 0.6 is 35.6 Å². The number of nitrogens with zero attached hydrogens (tertiary/aromatic N) is 1. The first-order valence-corrected chi connectivity index (χ1v) is 10.0. The van der Waals surface area contributed by atoms with Gasteiger partial charge >= 0.3 is 0 Å². The standard InChI is InChI=1S/C22H28ClN3O2.HI/c1-16-6-7-19(21(10-16)28-15-18-8-9-27-14-18)13-26-22(24-2)25-12-17-4-3-5-20(23)11-17;/h3-7,10-11,18H,8-9,12-15H2,1-2H3,(H2,24,25,26);1H. The van der Waals surface area contributed by atoms with E-state index in [1.807, 2.05) is 24.3 Å². The Labute approximate surface area is 195 Å². The topological polar surface area (TPSA) is 54.9 Å². The zero-order valence-electron chi connectivity index (χ0n) is 16.9. The molecule has 1 fully saturated rings. The molecule has 1 aliphatic rings. The smallest absolute Gasteiger partial charge is 0.191 e. The van der Waals surface area contributed by atoms with Crippen molar-refractivity contribution in [2.75, 3.05) is 26.9 Å². The number of aliphatic imine (C=N–C) groups is 1. The van der Waals surface area contributed by atoms with Crippen LogP contribution in [0.2, 0.25) is 5.02 Å². The Morgan fingerprint density at radius 3 is 2.76 bits per heavy atom. The average Bonchev–Trinajstić information content (AvgIpc) is 3.21. The molecular formula is C22H29ClIN3O2. The van der Waals surface area contributed by atoms with Crippen LogP contribution in [-0.2, 0) is 17.8 Å². The molecular weight excluding hydrogens is 501 g/mol. The summed E-state index contributed by atoms with van der Waals surface area (Å²) in [6.07, 6.45) is 1.07. The second-order valence-electron chi connectivity index (χ2n) is 7.06. The molecule has 0 aliphatic carbocycles. The zero-order chi connectivity index (χ0) is 19.8. The van der Waals surface area contributed by atoms with Gasteiger partial charge < -0.3 is 20.1 Å². The van der Waals surface area contributed by atoms with Crippen molar-refractivity contribution >= 4 is 41.5 Å². The quantitative estimate of drug-likeness (QED) is 0.314. The minimum absolute atomic E-state index is 0. The maximum atomic E-state index is 6.12. The van der Waals surface area contributed by atoms with Crippen molar-refractivity contribution in [3.8, 4) is 5.75 Å². The summed E-state index contributed by atoms with van der Waals surface area (Å²) in [5.74, 6) is 2.13. The number of nitrogens with one attached hydrogen (secondary N) is 2. The van der Waals surface area contributed by atoms with E-state index in [9.17, 15) is 0 Å². The molecule has 3 rings (SSSR count). The number of ether oxygens (including phenoxy) is 2. The Kier molecular flexibility index (Phi) is 10.0. The van der Waals surface area contributed by atoms with Gasteiger partial charge in [-0.15, -0.1) is 24.0 Å². The molecule has 158 valence electrons. The van der Waals surface area contributed by atoms with E-state index in [0.717, 1.165) is 47.5 Å². The van der Waals surface area contributed by atoms with Gasteiger partial charge in [0, 0.05) is 43.2 Å². The van der Waals surface area contributed by atoms with Crippen LogP contribution in [0.4, 0.5) is 0 Å². The number of hydrogen-bond acceptors (Lipinski definition) is 3. The molecule has 2 N–H and O–H groups in total. The monoisotopic (exact) mass is 529 g/mol. The van der Waals surface area contributed by atoms with Crippen molar-refractivity contribution in [1.82, 2.24) is 10.6 Å². The molecule has 2 aromatic carbocycles. The van der Waals surface area contributed by atoms with Crippen molar-refractivity contribution in [3.63, 3.8) is 0 Å². The van der Waals surface area contributed by atoms with Crippen molar-refractivity contribution < 1.29 is 9.47 Å². The van der Waals surface area contributed by atoms with Crippen molar-refractivity contribution in [2.45, 2.75) is 26.4 Å². The van der Waals surface area contributed by atoms with Crippen LogP contribution in [0.1, 0.15) is 23.1 Å². The third-order valence-corrected chi connectivity index (χ3v) is 4.98. The third kappa shape index (κ3) is 7.68. The lowest BCUT2D eigenvalue weighted by Crippen LogP contribution is -2.36. The van der Waals surface area contributed by atoms with Crippen LogP contribution < -0.4 is 15.4 Å². The minimum atomic E-state index is 0. The first kappa shape index (κ1) is 23.8. The van der Waals surface area contributed by atoms with E-state index < -0.39 is 0 Å². The lowest BCUT2D eigenvalue weighted by Gasteiger charge is -2.17. The fourth-order valence-electron chi connectivity index (χ4n) is 3.10. The van der Waals surface area contributed by atoms with E-state index in [1.54, 1.807) is 7.05 Å². The maximum absolute atomic E-state index is 6.12. The predicted molar refractivity (Wildman–Crippen MR) is 130 cm³/mol. The SMILES string of the molecule is CN=C(NCc1cccc(Cl)c1)NCc1ccc(C)cc1OCC1CCOC1.I. The second kappa shape index (κ2) is 12.2. The molecule has 0 spiro atoms. The summed E-state index contributed by atoms with van der Waals surface area (Å²) in [6.45, 7) is 5.68. The Balaban J connectivity index is 0.00000300. The molecule has 1 aliphatic heterocycles. The van der Waals surface area contributed by atoms with Gasteiger partial charge in [-0.1, -0.05) is 35.9 Å². The van der Waals surface area contributed by atoms with Crippen LogP contribution in [0.25, 0.3) is 0 Å². The summed E-state index contributed by atoms with van der Waals surface area (Å²) in [6, 6.07) is 14.1. The van der Waals surface area contributed by atoms with Gasteiger partial charge in [-0.3, -0.25) is 4.99 Å². The molecule has 1 atom stereocenters. The number of rotatable bonds is 7. The van der Waals surface area contributed by atoms with E-state index in [2.05, 4.69) is 40.7 Å². The van der Waals surface area contributed by atoms with E-state index in [0.29, 0.717) is 25.6 Å². The number of hydrogen-bond donors (Lipinski definition) is 2. The first-order valence-electron chi connectivity index (χ1n) is 9.63. The number of guanidine groups is 1. The molecule has 1 heterocycles. The maximum Gasteiger partial charge on any atom is 0.191 e. The van der Waals surface area contributed by atoms with Crippen LogP contribution in [0.3, 0.4) is 0 Å². The summed E-state index contributed by atoms with van der Waals surface area (Å²) in [4.78, 5) is 4.30. The number of aryl methyl sites for hydroxylation is 1. The summed E-state index contributed by atoms with van der Waals surface area (Å²) < 4.78 is 11.6. The van der Waals surface area contributed by atoms with Gasteiger partial charge in [0.1, 0.15) is 5.75 Å². The molecule has 1 unspecified atom stereocenters. The van der Waals surface area contributed by atoms with Gasteiger partial charge in [0.2, 0.25) is 0 Å². The Bertz CT molecular complexity index is 810. The van der Waals surface area contributed by atoms with Crippen LogP contribution in [0.15, 0.2) is 47.5 Å². The molecule has 5 nitrogen and oxygen atoms in total. The highest BCUT2D eigenvalue weighted by atomic mass is 127. The highest BCUT2D eigenvalue weighted by Crippen LogP contribution is 2.22. The highest BCUT2D eigenvalue weighted by molar-refractivity contribution is 14.0. The average molecular weight is 530 g/mol. The molecule has 0 aromatic heterocycles. The Hall–Kier alpha value is -1.51. The Morgan fingerprint density at radius 1 is 1.21 bits per heavy atom. The highest BCUT2D eigenvalue weighted by Gasteiger charge is 2.17. The van der Waals surface area contributed by atoms with E-state index in [-0.39, 0.29) is 24.0 Å². The molecule has 29 heavy (non-hydrogen) atoms. The lowest BCUT2D eigenvalue weighted by atomic mass is 10.1. The lowest BCUT2D eigenvalue weighted by molar-refractivity contribution is 0.166. The van der Waals surface area contributed by atoms with Crippen molar-refractivity contribution in [1.29, 1.82) is 0 Å². The summed E-state index contributed by atoms with van der Waals surface area (Å²) >= 11 is 6.05. The molecule has 2 aromatic rings. The third-order valence-electron chi connectivity index (χ3n) is 4.74. The first-order chi connectivity index (χ1) is 13.6. The minimum Gasteiger partial charge on any atom is -0.493 e. The van der Waals surface area contributed by atoms with Gasteiger partial charge in [0.25, 0.3) is 0 Å². The van der Waals surface area contributed by atoms with E-state index in [1.165, 1.54) is 5.56 Å². The van der Waals surface area contributed by atoms with E-state index >= 15 is 0 Å². The Morgan fingerprint density at radius 2 is 2.03 bits per heavy atom. The largest absolute Gasteiger partial charge is 0.493 e. The van der Waals surface area contributed by atoms with E-state index in [4.69, 9.17) is 21.1 Å². The van der Waals surface area contributed by atoms with Crippen molar-refractivity contribution in [3.05, 3.63) is 64.2 Å². The number of halogens is 2. The van der Waals surface area contributed by atoms with Gasteiger partial charge in [-0.25, -0.2) is 0 Å². The second-order valence-corrected chi connectivity index (χ2v) is 7.50. The van der Waals surface area contributed by atoms with Crippen LogP contribution in [0, 0.1) is 12.8 Å². The van der Waals surface area contributed by atoms with Crippen LogP contribution in [0.5, 0.6) is 5.75 Å². The van der Waals surface area contributed by atoms with Gasteiger partial charge in [-0.05, 0) is 42.7 Å². The van der Waals surface area contributed by atoms with Crippen LogP contribution in [-0.4, -0.2) is 32.8 Å². The fourth-order valence-corrected chi connectivity index (χ4v) is 3.31. The molecule has 1 saturated heterocycles.